The van der Waals surface area contributed by atoms with Gasteiger partial charge in [-0.3, -0.25) is 0 Å². The van der Waals surface area contributed by atoms with Gasteiger partial charge in [-0.2, -0.15) is 0 Å². The summed E-state index contributed by atoms with van der Waals surface area (Å²) in [5, 5.41) is 2.93. The van der Waals surface area contributed by atoms with Crippen LogP contribution in [0.15, 0.2) is 34.9 Å². The monoisotopic (exact) mass is 373 g/mol. The van der Waals surface area contributed by atoms with Crippen molar-refractivity contribution in [3.8, 4) is 0 Å². The summed E-state index contributed by atoms with van der Waals surface area (Å²) < 4.78 is 9.96. The van der Waals surface area contributed by atoms with Gasteiger partial charge in [-0.05, 0) is 30.5 Å². The Kier molecular flexibility index (Phi) is 7.85. The summed E-state index contributed by atoms with van der Waals surface area (Å²) in [7, 11) is 1.28. The summed E-state index contributed by atoms with van der Waals surface area (Å²) in [5.74, 6) is -0.271. The van der Waals surface area contributed by atoms with Crippen LogP contribution < -0.4 is 5.32 Å². The molecule has 0 saturated carbocycles. The van der Waals surface area contributed by atoms with Gasteiger partial charge in [0.2, 0.25) is 5.89 Å². The van der Waals surface area contributed by atoms with Gasteiger partial charge in [0.05, 0.1) is 13.7 Å². The number of nitrogens with one attached hydrogen (secondary N) is 1. The molecule has 7 nitrogen and oxygen atoms in total. The summed E-state index contributed by atoms with van der Waals surface area (Å²) in [6, 6.07) is 7.55. The smallest absolute Gasteiger partial charge is 0.360 e. The maximum Gasteiger partial charge on any atom is 0.360 e. The van der Waals surface area contributed by atoms with Crippen molar-refractivity contribution < 1.29 is 18.7 Å². The van der Waals surface area contributed by atoms with Gasteiger partial charge < -0.3 is 19.4 Å². The van der Waals surface area contributed by atoms with Crippen LogP contribution in [-0.4, -0.2) is 35.5 Å². The van der Waals surface area contributed by atoms with Crippen LogP contribution in [0.5, 0.6) is 0 Å². The fourth-order valence-corrected chi connectivity index (χ4v) is 2.62. The lowest BCUT2D eigenvalue weighted by Crippen LogP contribution is -2.35. The highest BCUT2D eigenvalue weighted by Gasteiger charge is 2.19. The maximum atomic E-state index is 12.8. The van der Waals surface area contributed by atoms with Crippen molar-refractivity contribution in [1.29, 1.82) is 0 Å². The molecule has 0 aliphatic heterocycles. The summed E-state index contributed by atoms with van der Waals surface area (Å²) in [4.78, 5) is 30.0. The van der Waals surface area contributed by atoms with E-state index in [1.54, 1.807) is 4.90 Å². The van der Waals surface area contributed by atoms with Crippen molar-refractivity contribution >= 4 is 17.7 Å². The lowest BCUT2D eigenvalue weighted by atomic mass is 10.1. The number of carbonyl (C=O) groups excluding carboxylic acids is 2. The van der Waals surface area contributed by atoms with Gasteiger partial charge in [-0.15, -0.1) is 0 Å². The van der Waals surface area contributed by atoms with E-state index in [1.165, 1.54) is 13.4 Å². The van der Waals surface area contributed by atoms with Crippen molar-refractivity contribution in [2.24, 2.45) is 0 Å². The van der Waals surface area contributed by atoms with Gasteiger partial charge in [0.1, 0.15) is 6.26 Å². The van der Waals surface area contributed by atoms with E-state index in [0.717, 1.165) is 36.9 Å². The Morgan fingerprint density at radius 2 is 2.07 bits per heavy atom. The number of carbonyl (C=O) groups is 2. The van der Waals surface area contributed by atoms with E-state index in [9.17, 15) is 9.59 Å². The van der Waals surface area contributed by atoms with Crippen LogP contribution in [-0.2, 0) is 17.7 Å². The molecule has 2 amide bonds. The third-order valence-corrected chi connectivity index (χ3v) is 4.18. The number of aromatic nitrogens is 1. The van der Waals surface area contributed by atoms with E-state index in [2.05, 4.69) is 28.9 Å². The number of benzene rings is 1. The minimum atomic E-state index is -0.566. The molecule has 0 radical (unpaired) electrons. The number of rotatable bonds is 9. The highest BCUT2D eigenvalue weighted by atomic mass is 16.5. The Labute approximate surface area is 159 Å². The molecule has 146 valence electrons. The topological polar surface area (TPSA) is 84.7 Å². The van der Waals surface area contributed by atoms with Gasteiger partial charge in [0.15, 0.2) is 5.69 Å². The molecule has 1 heterocycles. The number of anilines is 1. The van der Waals surface area contributed by atoms with Crippen LogP contribution in [0.3, 0.4) is 0 Å². The van der Waals surface area contributed by atoms with E-state index in [-0.39, 0.29) is 18.3 Å². The van der Waals surface area contributed by atoms with Crippen molar-refractivity contribution in [2.45, 2.75) is 46.1 Å². The number of hydrogen-bond acceptors (Lipinski definition) is 5. The molecule has 2 rings (SSSR count). The average Bonchev–Trinajstić information content (AvgIpc) is 3.15. The molecular weight excluding hydrogens is 346 g/mol. The zero-order valence-electron chi connectivity index (χ0n) is 16.2. The minimum absolute atomic E-state index is 0.0945. The molecule has 1 aromatic heterocycles. The lowest BCUT2D eigenvalue weighted by Gasteiger charge is -2.22. The van der Waals surface area contributed by atoms with E-state index in [0.29, 0.717) is 12.4 Å². The van der Waals surface area contributed by atoms with Crippen LogP contribution in [0.1, 0.15) is 55.1 Å². The minimum Gasteiger partial charge on any atom is -0.464 e. The van der Waals surface area contributed by atoms with Crippen LogP contribution in [0.2, 0.25) is 0 Å². The first-order valence-corrected chi connectivity index (χ1v) is 9.25. The number of methoxy groups -OCH3 is 1. The molecule has 0 spiro atoms. The Hall–Kier alpha value is -2.83. The number of ether oxygens (including phenoxy) is 1. The molecule has 27 heavy (non-hydrogen) atoms. The van der Waals surface area contributed by atoms with Gasteiger partial charge in [0.25, 0.3) is 0 Å². The van der Waals surface area contributed by atoms with Crippen molar-refractivity contribution in [3.63, 3.8) is 0 Å². The number of nitrogens with zero attached hydrogens (tertiary/aromatic N) is 2. The fourth-order valence-electron chi connectivity index (χ4n) is 2.62. The maximum absolute atomic E-state index is 12.8. The number of unbranched alkanes of at least 4 members (excludes halogenated alkanes) is 2. The molecule has 1 aromatic carbocycles. The third-order valence-electron chi connectivity index (χ3n) is 4.18. The standard InChI is InChI=1S/C20H27N3O4/c1-4-6-7-11-23(13-18-22-17(14-27-18)19(24)26-3)20(25)21-16-10-8-9-15(5-2)12-16/h8-10,12,14H,4-7,11,13H2,1-3H3,(H,21,25). The number of amides is 2. The third kappa shape index (κ3) is 6.13. The molecule has 2 aromatic rings. The lowest BCUT2D eigenvalue weighted by molar-refractivity contribution is 0.0594. The van der Waals surface area contributed by atoms with E-state index < -0.39 is 5.97 Å². The molecule has 0 unspecified atom stereocenters. The average molecular weight is 373 g/mol. The zero-order chi connectivity index (χ0) is 19.6. The SMILES string of the molecule is CCCCCN(Cc1nc(C(=O)OC)co1)C(=O)Nc1cccc(CC)c1. The second-order valence-corrected chi connectivity index (χ2v) is 6.23. The summed E-state index contributed by atoms with van der Waals surface area (Å²) in [6.45, 7) is 4.93. The van der Waals surface area contributed by atoms with E-state index >= 15 is 0 Å². The fraction of sp³-hybridized carbons (Fsp3) is 0.450. The van der Waals surface area contributed by atoms with Crippen LogP contribution in [0.4, 0.5) is 10.5 Å². The number of oxazole rings is 1. The van der Waals surface area contributed by atoms with Crippen molar-refractivity contribution in [1.82, 2.24) is 9.88 Å². The summed E-state index contributed by atoms with van der Waals surface area (Å²) in [5.41, 5.74) is 2.00. The van der Waals surface area contributed by atoms with E-state index in [4.69, 9.17) is 4.42 Å². The second kappa shape index (κ2) is 10.4. The van der Waals surface area contributed by atoms with Gasteiger partial charge in [-0.25, -0.2) is 14.6 Å². The van der Waals surface area contributed by atoms with Crippen molar-refractivity contribution in [3.05, 3.63) is 47.7 Å². The summed E-state index contributed by atoms with van der Waals surface area (Å²) in [6.07, 6.45) is 5.10. The van der Waals surface area contributed by atoms with Crippen LogP contribution in [0, 0.1) is 0 Å². The first-order valence-electron chi connectivity index (χ1n) is 9.25. The number of aryl methyl sites for hydroxylation is 1. The highest BCUT2D eigenvalue weighted by molar-refractivity contribution is 5.89. The molecule has 0 aliphatic rings. The van der Waals surface area contributed by atoms with Gasteiger partial charge >= 0.3 is 12.0 Å². The number of esters is 1. The molecule has 7 heteroatoms. The summed E-state index contributed by atoms with van der Waals surface area (Å²) >= 11 is 0. The molecule has 0 fully saturated rings. The van der Waals surface area contributed by atoms with Crippen LogP contribution >= 0.6 is 0 Å². The molecular formula is C20H27N3O4. The van der Waals surface area contributed by atoms with Gasteiger partial charge in [0, 0.05) is 12.2 Å². The highest BCUT2D eigenvalue weighted by Crippen LogP contribution is 2.14. The Bertz CT molecular complexity index is 757. The molecule has 0 aliphatic carbocycles. The first-order chi connectivity index (χ1) is 13.1. The Morgan fingerprint density at radius 1 is 1.26 bits per heavy atom. The Morgan fingerprint density at radius 3 is 2.78 bits per heavy atom. The number of urea groups is 1. The second-order valence-electron chi connectivity index (χ2n) is 6.23. The quantitative estimate of drug-likeness (QED) is 0.525. The molecule has 0 saturated heterocycles. The molecule has 1 N–H and O–H groups in total. The molecule has 0 bridgehead atoms. The Balaban J connectivity index is 2.08. The predicted molar refractivity (Wildman–Crippen MR) is 103 cm³/mol. The van der Waals surface area contributed by atoms with Crippen LogP contribution in [0.25, 0.3) is 0 Å². The van der Waals surface area contributed by atoms with Crippen molar-refractivity contribution in [2.75, 3.05) is 19.0 Å². The van der Waals surface area contributed by atoms with Gasteiger partial charge in [-0.1, -0.05) is 38.8 Å². The first kappa shape index (κ1) is 20.5. The van der Waals surface area contributed by atoms with E-state index in [1.807, 2.05) is 24.3 Å². The largest absolute Gasteiger partial charge is 0.464 e. The normalized spacial score (nSPS) is 10.5. The zero-order valence-corrected chi connectivity index (χ0v) is 16.2. The predicted octanol–water partition coefficient (Wildman–Crippen LogP) is 4.25. The molecule has 0 atom stereocenters. The number of hydrogen-bond donors (Lipinski definition) is 1.